The largest absolute Gasteiger partial charge is 0.383 e. The Morgan fingerprint density at radius 3 is 2.54 bits per heavy atom. The Hall–Kier alpha value is -2.66. The van der Waals surface area contributed by atoms with Crippen LogP contribution in [0.15, 0.2) is 16.8 Å². The number of hydroxylamine groups is 2. The first-order valence-electron chi connectivity index (χ1n) is 12.8. The first-order chi connectivity index (χ1) is 16.6. The molecule has 1 N–H and O–H groups in total. The van der Waals surface area contributed by atoms with Crippen LogP contribution in [0.25, 0.3) is 0 Å². The summed E-state index contributed by atoms with van der Waals surface area (Å²) in [6.07, 6.45) is 15.5. The van der Waals surface area contributed by atoms with Crippen LogP contribution in [0, 0.1) is 40.9 Å². The monoisotopic (exact) mass is 482 g/mol. The van der Waals surface area contributed by atoms with Gasteiger partial charge in [0.1, 0.15) is 5.60 Å². The number of terminal acetylenes is 1. The molecule has 6 atom stereocenters. The van der Waals surface area contributed by atoms with Crippen LogP contribution in [0.3, 0.4) is 0 Å². The summed E-state index contributed by atoms with van der Waals surface area (Å²) >= 11 is 0. The van der Waals surface area contributed by atoms with Gasteiger partial charge in [0.2, 0.25) is 6.61 Å². The second-order valence-electron chi connectivity index (χ2n) is 11.4. The van der Waals surface area contributed by atoms with Gasteiger partial charge in [-0.05, 0) is 80.6 Å². The highest BCUT2D eigenvalue weighted by Crippen LogP contribution is 2.67. The van der Waals surface area contributed by atoms with Gasteiger partial charge in [0, 0.05) is 18.3 Å². The molecule has 4 fully saturated rings. The summed E-state index contributed by atoms with van der Waals surface area (Å²) in [7, 11) is 0. The molecule has 1 heterocycles. The maximum absolute atomic E-state index is 11.9. The van der Waals surface area contributed by atoms with E-state index in [9.17, 15) is 19.5 Å². The van der Waals surface area contributed by atoms with Crippen molar-refractivity contribution in [3.8, 4) is 12.3 Å². The van der Waals surface area contributed by atoms with Gasteiger partial charge in [-0.25, -0.2) is 4.79 Å². The third kappa shape index (κ3) is 3.70. The fourth-order valence-electron chi connectivity index (χ4n) is 7.85. The zero-order valence-corrected chi connectivity index (χ0v) is 20.5. The molecule has 1 saturated heterocycles. The number of fused-ring (bicyclic) bond motifs is 5. The first-order valence-corrected chi connectivity index (χ1v) is 12.8. The van der Waals surface area contributed by atoms with Gasteiger partial charge in [-0.3, -0.25) is 9.59 Å². The van der Waals surface area contributed by atoms with Crippen LogP contribution in [0.5, 0.6) is 0 Å². The molecule has 35 heavy (non-hydrogen) atoms. The number of amides is 2. The molecule has 3 saturated carbocycles. The van der Waals surface area contributed by atoms with Gasteiger partial charge in [-0.1, -0.05) is 30.5 Å². The third-order valence-corrected chi connectivity index (χ3v) is 9.93. The summed E-state index contributed by atoms with van der Waals surface area (Å²) < 4.78 is 0. The zero-order valence-electron chi connectivity index (χ0n) is 20.5. The topological polar surface area (TPSA) is 106 Å². The number of aliphatic hydroxyl groups is 1. The Kier molecular flexibility index (Phi) is 5.83. The molecule has 0 aromatic rings. The molecule has 0 aromatic carbocycles. The highest BCUT2D eigenvalue weighted by atomic mass is 16.7. The highest BCUT2D eigenvalue weighted by molar-refractivity contribution is 6.01. The number of imide groups is 1. The van der Waals surface area contributed by atoms with Crippen molar-refractivity contribution in [3.63, 3.8) is 0 Å². The van der Waals surface area contributed by atoms with Crippen molar-refractivity contribution in [1.29, 1.82) is 0 Å². The Balaban J connectivity index is 1.23. The van der Waals surface area contributed by atoms with Crippen LogP contribution in [0.1, 0.15) is 78.1 Å². The Morgan fingerprint density at radius 1 is 1.11 bits per heavy atom. The molecule has 2 amide bonds. The van der Waals surface area contributed by atoms with Crippen molar-refractivity contribution in [3.05, 3.63) is 11.6 Å². The molecule has 4 aliphatic carbocycles. The lowest BCUT2D eigenvalue weighted by Crippen LogP contribution is -2.54. The van der Waals surface area contributed by atoms with E-state index < -0.39 is 30.0 Å². The number of oxime groups is 1. The number of rotatable bonds is 4. The predicted molar refractivity (Wildman–Crippen MR) is 126 cm³/mol. The summed E-state index contributed by atoms with van der Waals surface area (Å²) in [4.78, 5) is 45.1. The van der Waals surface area contributed by atoms with Crippen molar-refractivity contribution < 1.29 is 29.2 Å². The minimum atomic E-state index is -0.986. The molecule has 0 aromatic heterocycles. The van der Waals surface area contributed by atoms with Crippen molar-refractivity contribution >= 4 is 23.5 Å². The van der Waals surface area contributed by atoms with E-state index in [1.165, 1.54) is 5.57 Å². The molecular weight excluding hydrogens is 448 g/mol. The van der Waals surface area contributed by atoms with Gasteiger partial charge in [0.05, 0.1) is 5.71 Å². The Morgan fingerprint density at radius 2 is 1.83 bits per heavy atom. The van der Waals surface area contributed by atoms with Crippen molar-refractivity contribution in [1.82, 2.24) is 5.06 Å². The van der Waals surface area contributed by atoms with E-state index in [2.05, 4.69) is 31.0 Å². The number of allylic oxidation sites excluding steroid dienone is 2. The number of nitrogens with zero attached hydrogens (tertiary/aromatic N) is 2. The molecule has 8 heteroatoms. The summed E-state index contributed by atoms with van der Waals surface area (Å²) in [5.74, 6) is 2.46. The van der Waals surface area contributed by atoms with Crippen molar-refractivity contribution in [2.24, 2.45) is 33.7 Å². The second-order valence-corrected chi connectivity index (χ2v) is 11.4. The average Bonchev–Trinajstić information content (AvgIpc) is 3.29. The SMILES string of the molecule is C#C[C@@]1(O)CC[C@@H]2[C@H]3CCC4=C/C(=N/OCC(=O)ON5C(=O)CCC5=O)CC[C@]4(C)[C@H]3CC[C@@]21C. The predicted octanol–water partition coefficient (Wildman–Crippen LogP) is 3.29. The summed E-state index contributed by atoms with van der Waals surface area (Å²) in [5.41, 5.74) is 1.08. The van der Waals surface area contributed by atoms with E-state index in [1.54, 1.807) is 0 Å². The van der Waals surface area contributed by atoms with E-state index in [-0.39, 0.29) is 23.7 Å². The van der Waals surface area contributed by atoms with Crippen LogP contribution in [0.4, 0.5) is 0 Å². The molecule has 5 rings (SSSR count). The zero-order chi connectivity index (χ0) is 25.0. The fourth-order valence-corrected chi connectivity index (χ4v) is 7.85. The molecule has 8 nitrogen and oxygen atoms in total. The number of carbonyl (C=O) groups is 3. The maximum atomic E-state index is 11.9. The maximum Gasteiger partial charge on any atom is 0.373 e. The third-order valence-electron chi connectivity index (χ3n) is 9.93. The normalized spacial score (nSPS) is 41.5. The standard InChI is InChI=1S/C27H34N2O6/c1-4-27(33)14-11-21-19-6-5-17-15-18(9-12-25(17,2)20(19)10-13-26(21,27)3)28-34-16-24(32)35-29-22(30)7-8-23(29)31/h1,15,19-21,33H,5-14,16H2,2-3H3/b28-18+/t19-,20-,21+,25-,26-,27+/m0/s1. The van der Waals surface area contributed by atoms with Crippen molar-refractivity contribution in [2.75, 3.05) is 6.61 Å². The molecule has 0 radical (unpaired) electrons. The van der Waals surface area contributed by atoms with Crippen LogP contribution < -0.4 is 0 Å². The summed E-state index contributed by atoms with van der Waals surface area (Å²) in [6.45, 7) is 4.11. The van der Waals surface area contributed by atoms with Gasteiger partial charge in [-0.2, -0.15) is 0 Å². The quantitative estimate of drug-likeness (QED) is 0.375. The van der Waals surface area contributed by atoms with Crippen LogP contribution in [0.2, 0.25) is 0 Å². The molecule has 1 aliphatic heterocycles. The number of hydrogen-bond acceptors (Lipinski definition) is 7. The van der Waals surface area contributed by atoms with E-state index >= 15 is 0 Å². The van der Waals surface area contributed by atoms with Crippen LogP contribution >= 0.6 is 0 Å². The van der Waals surface area contributed by atoms with Gasteiger partial charge >= 0.3 is 5.97 Å². The Labute approximate surface area is 206 Å². The van der Waals surface area contributed by atoms with E-state index in [0.29, 0.717) is 29.2 Å². The Bertz CT molecular complexity index is 1040. The fraction of sp³-hybridized carbons (Fsp3) is 0.704. The molecule has 0 spiro atoms. The molecule has 188 valence electrons. The van der Waals surface area contributed by atoms with E-state index in [4.69, 9.17) is 16.1 Å². The molecule has 5 aliphatic rings. The first kappa shape index (κ1) is 24.1. The van der Waals surface area contributed by atoms with Gasteiger partial charge < -0.3 is 14.8 Å². The second kappa shape index (κ2) is 8.48. The minimum Gasteiger partial charge on any atom is -0.383 e. The van der Waals surface area contributed by atoms with Crippen LogP contribution in [-0.4, -0.2) is 45.9 Å². The number of carbonyl (C=O) groups excluding carboxylic acids is 3. The van der Waals surface area contributed by atoms with Crippen LogP contribution in [-0.2, 0) is 24.1 Å². The lowest BCUT2D eigenvalue weighted by atomic mass is 9.46. The molecule has 0 bridgehead atoms. The number of hydrogen-bond donors (Lipinski definition) is 1. The smallest absolute Gasteiger partial charge is 0.373 e. The van der Waals surface area contributed by atoms with E-state index in [1.807, 2.05) is 0 Å². The molecule has 0 unspecified atom stereocenters. The van der Waals surface area contributed by atoms with Crippen molar-refractivity contribution in [2.45, 2.75) is 83.7 Å². The van der Waals surface area contributed by atoms with E-state index in [0.717, 1.165) is 50.7 Å². The van der Waals surface area contributed by atoms with Gasteiger partial charge in [0.25, 0.3) is 11.8 Å². The van der Waals surface area contributed by atoms with Gasteiger partial charge in [0.15, 0.2) is 0 Å². The average molecular weight is 483 g/mol. The van der Waals surface area contributed by atoms with Gasteiger partial charge in [-0.15, -0.1) is 11.5 Å². The summed E-state index contributed by atoms with van der Waals surface area (Å²) in [6, 6.07) is 0. The molecular formula is C27H34N2O6. The lowest BCUT2D eigenvalue weighted by molar-refractivity contribution is -0.200. The minimum absolute atomic E-state index is 0.0498. The highest BCUT2D eigenvalue weighted by Gasteiger charge is 2.63. The summed E-state index contributed by atoms with van der Waals surface area (Å²) in [5, 5.41) is 15.8. The lowest BCUT2D eigenvalue weighted by Gasteiger charge is -2.58.